The summed E-state index contributed by atoms with van der Waals surface area (Å²) in [6.45, 7) is 1.27. The lowest BCUT2D eigenvalue weighted by molar-refractivity contribution is 0.218. The first-order chi connectivity index (χ1) is 4.98. The molecule has 0 saturated heterocycles. The zero-order valence-corrected chi connectivity index (χ0v) is 8.35. The summed E-state index contributed by atoms with van der Waals surface area (Å²) in [6.07, 6.45) is 1.54. The van der Waals surface area contributed by atoms with Gasteiger partial charge in [-0.3, -0.25) is 8.37 Å². The summed E-state index contributed by atoms with van der Waals surface area (Å²) in [6, 6.07) is 0. The van der Waals surface area contributed by atoms with Crippen LogP contribution in [0.4, 0.5) is 0 Å². The first-order valence-electron chi connectivity index (χ1n) is 3.33. The van der Waals surface area contributed by atoms with E-state index in [2.05, 4.69) is 0 Å². The molecule has 1 N–H and O–H groups in total. The van der Waals surface area contributed by atoms with Crippen molar-refractivity contribution in [1.29, 1.82) is 0 Å². The molecule has 0 fully saturated rings. The van der Waals surface area contributed by atoms with Crippen molar-refractivity contribution in [2.45, 2.75) is 0 Å². The van der Waals surface area contributed by atoms with Crippen LogP contribution in [-0.4, -0.2) is 50.1 Å². The normalized spacial score (nSPS) is 19.8. The van der Waals surface area contributed by atoms with E-state index in [4.69, 9.17) is 8.37 Å². The maximum absolute atomic E-state index is 9.26. The monoisotopic (exact) mass is 183 g/mol. The van der Waals surface area contributed by atoms with E-state index >= 15 is 0 Å². The van der Waals surface area contributed by atoms with Gasteiger partial charge in [0, 0.05) is 12.8 Å². The summed E-state index contributed by atoms with van der Waals surface area (Å²) in [5.41, 5.74) is 0. The van der Waals surface area contributed by atoms with Crippen LogP contribution in [0.5, 0.6) is 0 Å². The molecule has 0 aromatic rings. The van der Waals surface area contributed by atoms with E-state index in [-0.39, 0.29) is 0 Å². The van der Waals surface area contributed by atoms with Gasteiger partial charge in [-0.25, -0.2) is 0 Å². The van der Waals surface area contributed by atoms with Crippen LogP contribution < -0.4 is 0 Å². The molecule has 0 saturated carbocycles. The molecule has 1 atom stereocenters. The summed E-state index contributed by atoms with van der Waals surface area (Å²) in [5.74, 6) is 0. The molecular weight excluding hydrogens is 166 g/mol. The van der Waals surface area contributed by atoms with Crippen LogP contribution in [0.1, 0.15) is 0 Å². The van der Waals surface area contributed by atoms with E-state index in [0.29, 0.717) is 6.61 Å². The van der Waals surface area contributed by atoms with Gasteiger partial charge in [-0.05, 0) is 14.1 Å². The first-order valence-corrected chi connectivity index (χ1v) is 5.18. The smallest absolute Gasteiger partial charge is 0.0828 e. The molecule has 0 aliphatic rings. The molecule has 70 valence electrons. The van der Waals surface area contributed by atoms with E-state index in [1.165, 1.54) is 7.11 Å². The molecular formula is C6H17NO3S. The topological polar surface area (TPSA) is 41.9 Å². The van der Waals surface area contributed by atoms with Crippen molar-refractivity contribution in [1.82, 2.24) is 4.90 Å². The molecule has 0 aromatic heterocycles. The Morgan fingerprint density at radius 2 is 2.00 bits per heavy atom. The summed E-state index contributed by atoms with van der Waals surface area (Å²) < 4.78 is 19.0. The van der Waals surface area contributed by atoms with E-state index in [1.54, 1.807) is 6.26 Å². The molecule has 0 aliphatic heterocycles. The number of hydrogen-bond acceptors (Lipinski definition) is 4. The van der Waals surface area contributed by atoms with Crippen molar-refractivity contribution >= 4 is 10.9 Å². The predicted octanol–water partition coefficient (Wildman–Crippen LogP) is 0.948. The van der Waals surface area contributed by atoms with Gasteiger partial charge < -0.3 is 9.45 Å². The lowest BCUT2D eigenvalue weighted by Gasteiger charge is -2.26. The SMILES string of the molecule is COS(C)(O)OCCN(C)C. The summed E-state index contributed by atoms with van der Waals surface area (Å²) in [5, 5.41) is 0. The van der Waals surface area contributed by atoms with Crippen molar-refractivity contribution in [2.75, 3.05) is 40.6 Å². The predicted molar refractivity (Wildman–Crippen MR) is 47.7 cm³/mol. The van der Waals surface area contributed by atoms with Crippen LogP contribution in [0.25, 0.3) is 0 Å². The molecule has 11 heavy (non-hydrogen) atoms. The second-order valence-corrected chi connectivity index (χ2v) is 4.56. The quantitative estimate of drug-likeness (QED) is 0.689. The van der Waals surface area contributed by atoms with Crippen molar-refractivity contribution in [3.05, 3.63) is 0 Å². The van der Waals surface area contributed by atoms with Gasteiger partial charge in [-0.2, -0.15) is 0 Å². The largest absolute Gasteiger partial charge is 0.308 e. The van der Waals surface area contributed by atoms with Gasteiger partial charge in [0.05, 0.1) is 24.6 Å². The second kappa shape index (κ2) is 4.95. The standard InChI is InChI=1S/C6H17NO3S/c1-7(2)5-6-10-11(4,8)9-3/h8H,5-6H2,1-4H3. The lowest BCUT2D eigenvalue weighted by Crippen LogP contribution is -2.19. The average molecular weight is 183 g/mol. The van der Waals surface area contributed by atoms with Gasteiger partial charge in [0.1, 0.15) is 0 Å². The fourth-order valence-corrected chi connectivity index (χ4v) is 0.903. The molecule has 4 nitrogen and oxygen atoms in total. The summed E-state index contributed by atoms with van der Waals surface area (Å²) >= 11 is 0. The Bertz CT molecular complexity index is 108. The summed E-state index contributed by atoms with van der Waals surface area (Å²) in [4.78, 5) is 1.98. The van der Waals surface area contributed by atoms with Crippen LogP contribution in [0, 0.1) is 0 Å². The van der Waals surface area contributed by atoms with E-state index in [1.807, 2.05) is 19.0 Å². The van der Waals surface area contributed by atoms with Gasteiger partial charge in [-0.15, -0.1) is 0 Å². The molecule has 5 heteroatoms. The third-order valence-electron chi connectivity index (χ3n) is 1.15. The van der Waals surface area contributed by atoms with Gasteiger partial charge in [0.2, 0.25) is 0 Å². The van der Waals surface area contributed by atoms with E-state index in [9.17, 15) is 4.55 Å². The summed E-state index contributed by atoms with van der Waals surface area (Å²) in [7, 11) is 3.08. The van der Waals surface area contributed by atoms with Crippen LogP contribution in [0.2, 0.25) is 0 Å². The molecule has 0 amide bonds. The van der Waals surface area contributed by atoms with Gasteiger partial charge in [0.25, 0.3) is 0 Å². The maximum atomic E-state index is 9.26. The maximum Gasteiger partial charge on any atom is 0.0828 e. The van der Waals surface area contributed by atoms with Crippen LogP contribution in [0.15, 0.2) is 0 Å². The highest BCUT2D eigenvalue weighted by Crippen LogP contribution is 2.39. The third kappa shape index (κ3) is 6.58. The van der Waals surface area contributed by atoms with Gasteiger partial charge in [-0.1, -0.05) is 0 Å². The molecule has 0 aliphatic carbocycles. The Hall–Kier alpha value is 0.190. The minimum atomic E-state index is -2.24. The highest BCUT2D eigenvalue weighted by Gasteiger charge is 2.11. The molecule has 0 spiro atoms. The average Bonchev–Trinajstić information content (AvgIpc) is 1.87. The second-order valence-electron chi connectivity index (χ2n) is 2.52. The molecule has 0 aromatic carbocycles. The van der Waals surface area contributed by atoms with E-state index in [0.717, 1.165) is 6.54 Å². The van der Waals surface area contributed by atoms with Crippen molar-refractivity contribution in [3.63, 3.8) is 0 Å². The fourth-order valence-electron chi connectivity index (χ4n) is 0.423. The number of hydrogen-bond donors (Lipinski definition) is 1. The molecule has 1 unspecified atom stereocenters. The molecule has 0 heterocycles. The number of nitrogens with zero attached hydrogens (tertiary/aromatic N) is 1. The zero-order valence-electron chi connectivity index (χ0n) is 7.53. The zero-order chi connectivity index (χ0) is 8.91. The first kappa shape index (κ1) is 11.2. The van der Waals surface area contributed by atoms with Crippen LogP contribution in [0.3, 0.4) is 0 Å². The minimum absolute atomic E-state index is 0.489. The van der Waals surface area contributed by atoms with Crippen LogP contribution in [-0.2, 0) is 8.37 Å². The molecule has 0 radical (unpaired) electrons. The van der Waals surface area contributed by atoms with Crippen molar-refractivity contribution in [3.8, 4) is 0 Å². The Kier molecular flexibility index (Phi) is 5.03. The number of rotatable bonds is 5. The molecule has 0 bridgehead atoms. The van der Waals surface area contributed by atoms with E-state index < -0.39 is 10.9 Å². The minimum Gasteiger partial charge on any atom is -0.308 e. The third-order valence-corrected chi connectivity index (χ3v) is 2.37. The van der Waals surface area contributed by atoms with Gasteiger partial charge >= 0.3 is 0 Å². The Morgan fingerprint density at radius 3 is 2.36 bits per heavy atom. The fraction of sp³-hybridized carbons (Fsp3) is 1.00. The highest BCUT2D eigenvalue weighted by molar-refractivity contribution is 8.20. The molecule has 0 rings (SSSR count). The van der Waals surface area contributed by atoms with Crippen molar-refractivity contribution in [2.24, 2.45) is 0 Å². The Labute approximate surface area is 70.0 Å². The lowest BCUT2D eigenvalue weighted by atomic mass is 10.6. The Balaban J connectivity index is 3.38. The van der Waals surface area contributed by atoms with Crippen molar-refractivity contribution < 1.29 is 12.9 Å². The number of likely N-dealkylation sites (N-methyl/N-ethyl adjacent to an activating group) is 1. The highest BCUT2D eigenvalue weighted by atomic mass is 32.3. The Morgan fingerprint density at radius 1 is 1.45 bits per heavy atom. The van der Waals surface area contributed by atoms with Crippen LogP contribution >= 0.6 is 10.9 Å². The van der Waals surface area contributed by atoms with Gasteiger partial charge in [0.15, 0.2) is 0 Å².